The molecule has 2 aliphatic heterocycles. The molecule has 2 heterocycles. The first-order chi connectivity index (χ1) is 8.89. The number of nitrogens with zero attached hydrogens (tertiary/aromatic N) is 1. The first kappa shape index (κ1) is 14.8. The Morgan fingerprint density at radius 1 is 1.42 bits per heavy atom. The summed E-state index contributed by atoms with van der Waals surface area (Å²) in [5, 5.41) is 3.40. The van der Waals surface area contributed by atoms with Crippen LogP contribution in [0.5, 0.6) is 0 Å². The van der Waals surface area contributed by atoms with Gasteiger partial charge < -0.3 is 10.2 Å². The van der Waals surface area contributed by atoms with Gasteiger partial charge >= 0.3 is 0 Å². The highest BCUT2D eigenvalue weighted by molar-refractivity contribution is 5.83. The van der Waals surface area contributed by atoms with Crippen LogP contribution in [-0.4, -0.2) is 37.0 Å². The molecule has 0 bridgehead atoms. The lowest BCUT2D eigenvalue weighted by Crippen LogP contribution is -2.44. The van der Waals surface area contributed by atoms with Crippen LogP contribution < -0.4 is 5.32 Å². The summed E-state index contributed by atoms with van der Waals surface area (Å²) in [4.78, 5) is 15.1. The Balaban J connectivity index is 2.04. The summed E-state index contributed by atoms with van der Waals surface area (Å²) in [5.41, 5.74) is 0.225. The highest BCUT2D eigenvalue weighted by Crippen LogP contribution is 2.38. The van der Waals surface area contributed by atoms with Gasteiger partial charge in [0.25, 0.3) is 0 Å². The molecule has 0 saturated carbocycles. The molecule has 3 heteroatoms. The van der Waals surface area contributed by atoms with Gasteiger partial charge in [-0.2, -0.15) is 0 Å². The van der Waals surface area contributed by atoms with E-state index in [1.807, 2.05) is 0 Å². The molecule has 1 amide bonds. The second-order valence-corrected chi connectivity index (χ2v) is 7.56. The molecular formula is C16H30N2O. The van der Waals surface area contributed by atoms with E-state index in [1.54, 1.807) is 0 Å². The maximum atomic E-state index is 12.9. The number of rotatable bonds is 3. The summed E-state index contributed by atoms with van der Waals surface area (Å²) in [7, 11) is 0. The van der Waals surface area contributed by atoms with E-state index in [0.717, 1.165) is 45.4 Å². The fourth-order valence-corrected chi connectivity index (χ4v) is 3.71. The van der Waals surface area contributed by atoms with Crippen LogP contribution in [0.1, 0.15) is 53.4 Å². The summed E-state index contributed by atoms with van der Waals surface area (Å²) in [5.74, 6) is 1.08. The van der Waals surface area contributed by atoms with Crippen LogP contribution in [0.4, 0.5) is 0 Å². The van der Waals surface area contributed by atoms with Crippen LogP contribution in [0.25, 0.3) is 0 Å². The van der Waals surface area contributed by atoms with Gasteiger partial charge in [-0.3, -0.25) is 4.79 Å². The highest BCUT2D eigenvalue weighted by Gasteiger charge is 2.45. The van der Waals surface area contributed by atoms with Crippen LogP contribution in [-0.2, 0) is 4.79 Å². The van der Waals surface area contributed by atoms with E-state index in [-0.39, 0.29) is 5.41 Å². The number of carbonyl (C=O) groups excluding carboxylic acids is 1. The van der Waals surface area contributed by atoms with Gasteiger partial charge in [0.15, 0.2) is 0 Å². The third kappa shape index (κ3) is 2.96. The lowest BCUT2D eigenvalue weighted by atomic mass is 9.79. The molecule has 0 aliphatic carbocycles. The zero-order valence-electron chi connectivity index (χ0n) is 13.1. The molecule has 2 fully saturated rings. The Morgan fingerprint density at radius 2 is 2.16 bits per heavy atom. The van der Waals surface area contributed by atoms with Gasteiger partial charge in [0.1, 0.15) is 0 Å². The van der Waals surface area contributed by atoms with Crippen molar-refractivity contribution in [1.29, 1.82) is 0 Å². The lowest BCUT2D eigenvalue weighted by molar-refractivity contribution is -0.140. The summed E-state index contributed by atoms with van der Waals surface area (Å²) in [6.45, 7) is 12.9. The van der Waals surface area contributed by atoms with Crippen molar-refractivity contribution in [2.45, 2.75) is 53.4 Å². The summed E-state index contributed by atoms with van der Waals surface area (Å²) < 4.78 is 0. The van der Waals surface area contributed by atoms with Crippen LogP contribution in [0.2, 0.25) is 0 Å². The van der Waals surface area contributed by atoms with Gasteiger partial charge in [0.05, 0.1) is 5.41 Å². The third-order valence-electron chi connectivity index (χ3n) is 5.13. The minimum atomic E-state index is -0.0957. The van der Waals surface area contributed by atoms with Gasteiger partial charge in [0, 0.05) is 19.6 Å². The van der Waals surface area contributed by atoms with Crippen molar-refractivity contribution in [2.24, 2.45) is 16.7 Å². The maximum Gasteiger partial charge on any atom is 0.230 e. The molecule has 2 aliphatic rings. The minimum absolute atomic E-state index is 0.0957. The number of likely N-dealkylation sites (tertiary alicyclic amines) is 1. The fraction of sp³-hybridized carbons (Fsp3) is 0.938. The molecule has 2 atom stereocenters. The second-order valence-electron chi connectivity index (χ2n) is 7.56. The van der Waals surface area contributed by atoms with E-state index in [1.165, 1.54) is 6.42 Å². The van der Waals surface area contributed by atoms with Crippen LogP contribution in [0.3, 0.4) is 0 Å². The molecule has 0 spiro atoms. The molecule has 0 aromatic heterocycles. The maximum absolute atomic E-state index is 12.9. The molecule has 0 aromatic rings. The smallest absolute Gasteiger partial charge is 0.230 e. The Labute approximate surface area is 118 Å². The second kappa shape index (κ2) is 5.43. The van der Waals surface area contributed by atoms with E-state index < -0.39 is 0 Å². The third-order valence-corrected chi connectivity index (χ3v) is 5.13. The average molecular weight is 266 g/mol. The predicted molar refractivity (Wildman–Crippen MR) is 79.0 cm³/mol. The van der Waals surface area contributed by atoms with Crippen molar-refractivity contribution in [3.05, 3.63) is 0 Å². The Hall–Kier alpha value is -0.570. The summed E-state index contributed by atoms with van der Waals surface area (Å²) >= 11 is 0. The first-order valence-corrected chi connectivity index (χ1v) is 7.89. The molecule has 2 unspecified atom stereocenters. The van der Waals surface area contributed by atoms with Crippen LogP contribution in [0, 0.1) is 16.7 Å². The highest BCUT2D eigenvalue weighted by atomic mass is 16.2. The molecule has 0 radical (unpaired) electrons. The van der Waals surface area contributed by atoms with E-state index in [2.05, 4.69) is 37.9 Å². The molecule has 3 nitrogen and oxygen atoms in total. The first-order valence-electron chi connectivity index (χ1n) is 7.89. The van der Waals surface area contributed by atoms with E-state index in [4.69, 9.17) is 0 Å². The number of carbonyl (C=O) groups is 1. The number of nitrogens with one attached hydrogen (secondary N) is 1. The van der Waals surface area contributed by atoms with E-state index >= 15 is 0 Å². The largest absolute Gasteiger partial charge is 0.342 e. The fourth-order valence-electron chi connectivity index (χ4n) is 3.71. The van der Waals surface area contributed by atoms with Crippen molar-refractivity contribution < 1.29 is 4.79 Å². The topological polar surface area (TPSA) is 32.3 Å². The molecule has 2 rings (SSSR count). The average Bonchev–Trinajstić information content (AvgIpc) is 2.96. The molecule has 0 aromatic carbocycles. The number of amides is 1. The zero-order chi connectivity index (χ0) is 14.1. The van der Waals surface area contributed by atoms with Gasteiger partial charge in [-0.05, 0) is 37.1 Å². The van der Waals surface area contributed by atoms with Crippen molar-refractivity contribution in [3.8, 4) is 0 Å². The number of hydrogen-bond donors (Lipinski definition) is 1. The normalized spacial score (nSPS) is 32.0. The van der Waals surface area contributed by atoms with Crippen LogP contribution in [0.15, 0.2) is 0 Å². The van der Waals surface area contributed by atoms with E-state index in [0.29, 0.717) is 17.2 Å². The van der Waals surface area contributed by atoms with Crippen molar-refractivity contribution in [3.63, 3.8) is 0 Å². The zero-order valence-corrected chi connectivity index (χ0v) is 13.1. The van der Waals surface area contributed by atoms with Crippen LogP contribution >= 0.6 is 0 Å². The summed E-state index contributed by atoms with van der Waals surface area (Å²) in [6, 6.07) is 0. The van der Waals surface area contributed by atoms with Gasteiger partial charge in [0.2, 0.25) is 5.91 Å². The van der Waals surface area contributed by atoms with E-state index in [9.17, 15) is 4.79 Å². The van der Waals surface area contributed by atoms with Gasteiger partial charge in [-0.1, -0.05) is 34.1 Å². The molecular weight excluding hydrogens is 236 g/mol. The van der Waals surface area contributed by atoms with Gasteiger partial charge in [-0.15, -0.1) is 0 Å². The molecule has 110 valence electrons. The molecule has 19 heavy (non-hydrogen) atoms. The Kier molecular flexibility index (Phi) is 4.24. The lowest BCUT2D eigenvalue weighted by Gasteiger charge is -2.33. The van der Waals surface area contributed by atoms with Crippen molar-refractivity contribution in [1.82, 2.24) is 10.2 Å². The predicted octanol–water partition coefficient (Wildman–Crippen LogP) is 2.66. The standard InChI is InChI=1S/C16H30N2O/c1-5-7-16(8-9-17-12-16)14(19)18-10-6-13(11-18)15(2,3)4/h13,17H,5-12H2,1-4H3. The Morgan fingerprint density at radius 3 is 2.63 bits per heavy atom. The monoisotopic (exact) mass is 266 g/mol. The minimum Gasteiger partial charge on any atom is -0.342 e. The molecule has 2 saturated heterocycles. The summed E-state index contributed by atoms with van der Waals surface area (Å²) in [6.07, 6.45) is 4.33. The van der Waals surface area contributed by atoms with Gasteiger partial charge in [-0.25, -0.2) is 0 Å². The Bertz CT molecular complexity index is 326. The van der Waals surface area contributed by atoms with Crippen molar-refractivity contribution in [2.75, 3.05) is 26.2 Å². The van der Waals surface area contributed by atoms with Crippen molar-refractivity contribution >= 4 is 5.91 Å². The quantitative estimate of drug-likeness (QED) is 0.852. The molecule has 1 N–H and O–H groups in total. The number of hydrogen-bond acceptors (Lipinski definition) is 2. The SMILES string of the molecule is CCCC1(C(=O)N2CCC(C(C)(C)C)C2)CCNC1.